The lowest BCUT2D eigenvalue weighted by Crippen LogP contribution is -2.55. The molecule has 0 bridgehead atoms. The normalized spacial score (nSPS) is 27.7. The van der Waals surface area contributed by atoms with E-state index in [-0.39, 0.29) is 0 Å². The van der Waals surface area contributed by atoms with E-state index in [1.807, 2.05) is 31.3 Å². The number of cyclic esters (lactones) is 1. The number of carbonyl (C=O) groups is 1. The summed E-state index contributed by atoms with van der Waals surface area (Å²) >= 11 is 6.06. The van der Waals surface area contributed by atoms with Crippen molar-refractivity contribution in [2.75, 3.05) is 6.54 Å². The Hall–Kier alpha value is -1.72. The third-order valence-electron chi connectivity index (χ3n) is 5.07. The van der Waals surface area contributed by atoms with Crippen LogP contribution in [0.3, 0.4) is 0 Å². The maximum atomic E-state index is 12.2. The van der Waals surface area contributed by atoms with Gasteiger partial charge in [-0.2, -0.15) is 0 Å². The molecule has 23 heavy (non-hydrogen) atoms. The molecule has 0 radical (unpaired) electrons. The smallest absolute Gasteiger partial charge is 0.412 e. The Morgan fingerprint density at radius 3 is 2.78 bits per heavy atom. The summed E-state index contributed by atoms with van der Waals surface area (Å²) in [5.74, 6) is 0. The molecule has 0 saturated carbocycles. The minimum absolute atomic E-state index is 0.376. The molecule has 1 aromatic heterocycles. The lowest BCUT2D eigenvalue weighted by Gasteiger charge is -2.36. The van der Waals surface area contributed by atoms with Gasteiger partial charge in [-0.05, 0) is 50.5 Å². The molecule has 0 spiro atoms. The van der Waals surface area contributed by atoms with Crippen molar-refractivity contribution in [1.82, 2.24) is 9.88 Å². The molecule has 2 atom stereocenters. The molecule has 3 rings (SSSR count). The van der Waals surface area contributed by atoms with Crippen molar-refractivity contribution in [3.63, 3.8) is 0 Å². The summed E-state index contributed by atoms with van der Waals surface area (Å²) in [6.45, 7) is 5.66. The maximum Gasteiger partial charge on any atom is 0.412 e. The summed E-state index contributed by atoms with van der Waals surface area (Å²) in [5.41, 5.74) is -0.175. The highest BCUT2D eigenvalue weighted by Crippen LogP contribution is 2.39. The number of rotatable bonds is 4. The molecule has 2 aromatic rings. The van der Waals surface area contributed by atoms with Crippen LogP contribution in [0.2, 0.25) is 5.02 Å². The van der Waals surface area contributed by atoms with Crippen LogP contribution in [0.25, 0.3) is 10.9 Å². The molecule has 6 heteroatoms. The summed E-state index contributed by atoms with van der Waals surface area (Å²) in [7, 11) is 0. The molecule has 1 fully saturated rings. The first kappa shape index (κ1) is 16.1. The van der Waals surface area contributed by atoms with Gasteiger partial charge >= 0.3 is 6.09 Å². The Morgan fingerprint density at radius 1 is 1.39 bits per heavy atom. The third kappa shape index (κ3) is 2.48. The van der Waals surface area contributed by atoms with Crippen LogP contribution in [0.4, 0.5) is 4.79 Å². The van der Waals surface area contributed by atoms with Gasteiger partial charge in [0, 0.05) is 28.7 Å². The molecule has 5 nitrogen and oxygen atoms in total. The minimum Gasteiger partial charge on any atom is -0.438 e. The summed E-state index contributed by atoms with van der Waals surface area (Å²) in [4.78, 5) is 16.8. The van der Waals surface area contributed by atoms with Gasteiger partial charge in [0.15, 0.2) is 11.3 Å². The van der Waals surface area contributed by atoms with Crippen molar-refractivity contribution in [3.05, 3.63) is 35.0 Å². The first-order valence-electron chi connectivity index (χ1n) is 7.77. The maximum absolute atomic E-state index is 12.2. The molecule has 1 aliphatic heterocycles. The van der Waals surface area contributed by atoms with Crippen molar-refractivity contribution < 1.29 is 14.6 Å². The van der Waals surface area contributed by atoms with Gasteiger partial charge in [0.2, 0.25) is 0 Å². The van der Waals surface area contributed by atoms with Crippen molar-refractivity contribution in [1.29, 1.82) is 0 Å². The quantitative estimate of drug-likeness (QED) is 0.894. The van der Waals surface area contributed by atoms with Crippen LogP contribution in [0.1, 0.15) is 32.8 Å². The van der Waals surface area contributed by atoms with Gasteiger partial charge in [-0.15, -0.1) is 0 Å². The number of aromatic amines is 1. The van der Waals surface area contributed by atoms with Crippen LogP contribution in [-0.2, 0) is 11.2 Å². The Bertz CT molecular complexity index is 755. The van der Waals surface area contributed by atoms with Gasteiger partial charge in [0.1, 0.15) is 0 Å². The van der Waals surface area contributed by atoms with Gasteiger partial charge in [-0.3, -0.25) is 4.90 Å². The van der Waals surface area contributed by atoms with Crippen molar-refractivity contribution in [2.45, 2.75) is 44.9 Å². The topological polar surface area (TPSA) is 65.6 Å². The van der Waals surface area contributed by atoms with Crippen LogP contribution >= 0.6 is 11.6 Å². The number of aromatic nitrogens is 1. The van der Waals surface area contributed by atoms with Crippen LogP contribution in [-0.4, -0.2) is 39.0 Å². The molecule has 2 heterocycles. The Labute approximate surface area is 140 Å². The summed E-state index contributed by atoms with van der Waals surface area (Å²) < 4.78 is 5.41. The van der Waals surface area contributed by atoms with E-state index >= 15 is 0 Å². The second-order valence-electron chi connectivity index (χ2n) is 6.38. The molecule has 1 aliphatic rings. The van der Waals surface area contributed by atoms with E-state index in [4.69, 9.17) is 16.3 Å². The number of hydrogen-bond donors (Lipinski definition) is 2. The molecule has 1 saturated heterocycles. The van der Waals surface area contributed by atoms with E-state index in [0.29, 0.717) is 24.4 Å². The first-order valence-corrected chi connectivity index (χ1v) is 8.15. The number of aliphatic hydroxyl groups is 1. The number of carbonyl (C=O) groups excluding carboxylic acids is 1. The van der Waals surface area contributed by atoms with Crippen LogP contribution in [0, 0.1) is 0 Å². The second-order valence-corrected chi connectivity index (χ2v) is 6.82. The average Bonchev–Trinajstić information content (AvgIpc) is 2.95. The molecule has 0 aliphatic carbocycles. The number of nitrogens with one attached hydrogen (secondary N) is 1. The zero-order valence-electron chi connectivity index (χ0n) is 13.5. The van der Waals surface area contributed by atoms with Crippen molar-refractivity contribution >= 4 is 28.6 Å². The molecule has 2 unspecified atom stereocenters. The molecule has 1 amide bonds. The molecule has 2 N–H and O–H groups in total. The minimum atomic E-state index is -1.33. The number of H-pyrrole nitrogens is 1. The van der Waals surface area contributed by atoms with Gasteiger partial charge in [0.05, 0.1) is 0 Å². The lowest BCUT2D eigenvalue weighted by atomic mass is 9.90. The Morgan fingerprint density at radius 2 is 2.13 bits per heavy atom. The Kier molecular flexibility index (Phi) is 3.81. The van der Waals surface area contributed by atoms with E-state index in [2.05, 4.69) is 4.98 Å². The first-order chi connectivity index (χ1) is 10.8. The largest absolute Gasteiger partial charge is 0.438 e. The summed E-state index contributed by atoms with van der Waals surface area (Å²) in [5, 5.41) is 12.5. The van der Waals surface area contributed by atoms with E-state index in [9.17, 15) is 9.90 Å². The van der Waals surface area contributed by atoms with E-state index in [1.54, 1.807) is 13.8 Å². The highest BCUT2D eigenvalue weighted by atomic mass is 35.5. The molecular weight excluding hydrogens is 316 g/mol. The van der Waals surface area contributed by atoms with Crippen LogP contribution in [0.15, 0.2) is 24.4 Å². The fourth-order valence-corrected chi connectivity index (χ4v) is 3.29. The van der Waals surface area contributed by atoms with Gasteiger partial charge < -0.3 is 14.8 Å². The number of nitrogens with zero attached hydrogens (tertiary/aromatic N) is 1. The number of ether oxygens (including phenoxy) is 1. The predicted octanol–water partition coefficient (Wildman–Crippen LogP) is 3.69. The SMILES string of the molecule is CCC1(C)OC(=O)N(CCc2c[nH]c3ccc(Cl)cc23)C1(C)O. The van der Waals surface area contributed by atoms with Crippen molar-refractivity contribution in [3.8, 4) is 0 Å². The fourth-order valence-electron chi connectivity index (χ4n) is 3.11. The third-order valence-corrected chi connectivity index (χ3v) is 5.30. The highest BCUT2D eigenvalue weighted by molar-refractivity contribution is 6.31. The molecular formula is C17H21ClN2O3. The van der Waals surface area contributed by atoms with E-state index in [0.717, 1.165) is 16.5 Å². The number of halogens is 1. The summed E-state index contributed by atoms with van der Waals surface area (Å²) in [6.07, 6.45) is 2.59. The molecule has 1 aromatic carbocycles. The number of benzene rings is 1. The average molecular weight is 337 g/mol. The van der Waals surface area contributed by atoms with Gasteiger partial charge in [0.25, 0.3) is 0 Å². The van der Waals surface area contributed by atoms with Gasteiger partial charge in [-0.25, -0.2) is 4.79 Å². The number of fused-ring (bicyclic) bond motifs is 1. The van der Waals surface area contributed by atoms with Crippen LogP contribution in [0.5, 0.6) is 0 Å². The van der Waals surface area contributed by atoms with Gasteiger partial charge in [-0.1, -0.05) is 18.5 Å². The van der Waals surface area contributed by atoms with E-state index in [1.165, 1.54) is 4.90 Å². The lowest BCUT2D eigenvalue weighted by molar-refractivity contribution is -0.137. The van der Waals surface area contributed by atoms with E-state index < -0.39 is 17.4 Å². The number of hydrogen-bond acceptors (Lipinski definition) is 3. The zero-order chi connectivity index (χ0) is 16.8. The highest BCUT2D eigenvalue weighted by Gasteiger charge is 2.57. The standard InChI is InChI=1S/C17H21ClN2O3/c1-4-16(2)17(3,22)20(15(21)23-16)8-7-11-10-19-14-6-5-12(18)9-13(11)14/h5-6,9-10,19,22H,4,7-8H2,1-3H3. The fraction of sp³-hybridized carbons (Fsp3) is 0.471. The van der Waals surface area contributed by atoms with Crippen LogP contribution < -0.4 is 0 Å². The second kappa shape index (κ2) is 5.42. The van der Waals surface area contributed by atoms with Crippen molar-refractivity contribution in [2.24, 2.45) is 0 Å². The predicted molar refractivity (Wildman–Crippen MR) is 89.5 cm³/mol. The zero-order valence-corrected chi connectivity index (χ0v) is 14.3. The Balaban J connectivity index is 1.82. The summed E-state index contributed by atoms with van der Waals surface area (Å²) in [6, 6.07) is 5.66. The number of amides is 1. The molecule has 124 valence electrons. The monoisotopic (exact) mass is 336 g/mol.